The Labute approximate surface area is 107 Å². The van der Waals surface area contributed by atoms with E-state index in [1.54, 1.807) is 6.92 Å². The number of carbonyl (C=O) groups excluding carboxylic acids is 1. The highest BCUT2D eigenvalue weighted by atomic mass is 16.7. The van der Waals surface area contributed by atoms with Crippen molar-refractivity contribution in [1.29, 1.82) is 0 Å². The van der Waals surface area contributed by atoms with Gasteiger partial charge in [-0.1, -0.05) is 6.42 Å². The Morgan fingerprint density at radius 1 is 1.22 bits per heavy atom. The van der Waals surface area contributed by atoms with Crippen molar-refractivity contribution >= 4 is 5.97 Å². The average Bonchev–Trinajstić information content (AvgIpc) is 2.35. The first kappa shape index (κ1) is 13.8. The molecule has 0 aromatic rings. The molecule has 1 spiro atoms. The molecule has 1 saturated heterocycles. The van der Waals surface area contributed by atoms with Crippen molar-refractivity contribution in [3.8, 4) is 0 Å². The Morgan fingerprint density at radius 2 is 1.83 bits per heavy atom. The van der Waals surface area contributed by atoms with Crippen LogP contribution in [0.25, 0.3) is 0 Å². The molecule has 0 amide bonds. The average molecular weight is 258 g/mol. The summed E-state index contributed by atoms with van der Waals surface area (Å²) in [6.45, 7) is 2.35. The lowest BCUT2D eigenvalue weighted by atomic mass is 9.91. The van der Waals surface area contributed by atoms with Crippen molar-refractivity contribution in [2.45, 2.75) is 56.8 Å². The summed E-state index contributed by atoms with van der Waals surface area (Å²) in [4.78, 5) is 11.4. The number of carbonyl (C=O) groups is 1. The van der Waals surface area contributed by atoms with Crippen molar-refractivity contribution in [2.75, 3.05) is 19.8 Å². The minimum atomic E-state index is -1.24. The quantitative estimate of drug-likeness (QED) is 0.775. The van der Waals surface area contributed by atoms with Gasteiger partial charge in [0.25, 0.3) is 0 Å². The van der Waals surface area contributed by atoms with Gasteiger partial charge in [-0.2, -0.15) is 0 Å². The van der Waals surface area contributed by atoms with E-state index in [0.717, 1.165) is 25.7 Å². The molecule has 18 heavy (non-hydrogen) atoms. The van der Waals surface area contributed by atoms with Crippen LogP contribution in [0.2, 0.25) is 0 Å². The lowest BCUT2D eigenvalue weighted by Gasteiger charge is -2.45. The predicted molar refractivity (Wildman–Crippen MR) is 63.9 cm³/mol. The second kappa shape index (κ2) is 5.55. The van der Waals surface area contributed by atoms with Gasteiger partial charge in [0.1, 0.15) is 5.60 Å². The van der Waals surface area contributed by atoms with E-state index in [0.29, 0.717) is 6.61 Å². The smallest absolute Gasteiger partial charge is 0.308 e. The first-order valence-electron chi connectivity index (χ1n) is 6.73. The fourth-order valence-electron chi connectivity index (χ4n) is 2.58. The molecule has 2 fully saturated rings. The van der Waals surface area contributed by atoms with E-state index in [2.05, 4.69) is 0 Å². The SMILES string of the molecule is CCOC(=O)CC1(O)COC2(CCCCC2)OC1. The van der Waals surface area contributed by atoms with Crippen molar-refractivity contribution in [1.82, 2.24) is 0 Å². The molecule has 0 bridgehead atoms. The summed E-state index contributed by atoms with van der Waals surface area (Å²) in [5, 5.41) is 10.2. The Morgan fingerprint density at radius 3 is 2.39 bits per heavy atom. The van der Waals surface area contributed by atoms with Gasteiger partial charge >= 0.3 is 5.97 Å². The minimum Gasteiger partial charge on any atom is -0.466 e. The van der Waals surface area contributed by atoms with E-state index in [9.17, 15) is 9.90 Å². The highest BCUT2D eigenvalue weighted by Crippen LogP contribution is 2.37. The molecule has 0 unspecified atom stereocenters. The maximum absolute atomic E-state index is 11.4. The largest absolute Gasteiger partial charge is 0.466 e. The highest BCUT2D eigenvalue weighted by Gasteiger charge is 2.45. The third-order valence-electron chi connectivity index (χ3n) is 3.60. The van der Waals surface area contributed by atoms with Gasteiger partial charge in [0.2, 0.25) is 0 Å². The van der Waals surface area contributed by atoms with Crippen LogP contribution < -0.4 is 0 Å². The molecule has 1 N–H and O–H groups in total. The van der Waals surface area contributed by atoms with Crippen LogP contribution in [0, 0.1) is 0 Å². The molecule has 0 atom stereocenters. The first-order chi connectivity index (χ1) is 8.58. The van der Waals surface area contributed by atoms with E-state index >= 15 is 0 Å². The van der Waals surface area contributed by atoms with Crippen LogP contribution in [0.5, 0.6) is 0 Å². The van der Waals surface area contributed by atoms with Crippen molar-refractivity contribution in [2.24, 2.45) is 0 Å². The number of hydrogen-bond donors (Lipinski definition) is 1. The van der Waals surface area contributed by atoms with Crippen LogP contribution in [0.4, 0.5) is 0 Å². The maximum Gasteiger partial charge on any atom is 0.308 e. The maximum atomic E-state index is 11.4. The first-order valence-corrected chi connectivity index (χ1v) is 6.73. The number of ether oxygens (including phenoxy) is 3. The Bertz CT molecular complexity index is 286. The fraction of sp³-hybridized carbons (Fsp3) is 0.923. The zero-order valence-electron chi connectivity index (χ0n) is 10.9. The van der Waals surface area contributed by atoms with Crippen LogP contribution in [0.1, 0.15) is 45.4 Å². The zero-order valence-corrected chi connectivity index (χ0v) is 10.9. The van der Waals surface area contributed by atoms with Gasteiger partial charge in [-0.15, -0.1) is 0 Å². The number of hydrogen-bond acceptors (Lipinski definition) is 5. The predicted octanol–water partition coefficient (Wildman–Crippen LogP) is 1.38. The van der Waals surface area contributed by atoms with E-state index in [-0.39, 0.29) is 19.6 Å². The number of rotatable bonds is 3. The van der Waals surface area contributed by atoms with Crippen LogP contribution in [0.15, 0.2) is 0 Å². The van der Waals surface area contributed by atoms with Crippen LogP contribution in [-0.4, -0.2) is 42.3 Å². The Kier molecular flexibility index (Phi) is 4.25. The molecule has 104 valence electrons. The molecule has 2 rings (SSSR count). The molecule has 1 heterocycles. The van der Waals surface area contributed by atoms with Crippen LogP contribution in [-0.2, 0) is 19.0 Å². The van der Waals surface area contributed by atoms with Gasteiger partial charge in [0.15, 0.2) is 5.79 Å². The van der Waals surface area contributed by atoms with E-state index in [1.165, 1.54) is 6.42 Å². The molecule has 1 saturated carbocycles. The molecule has 5 nitrogen and oxygen atoms in total. The van der Waals surface area contributed by atoms with E-state index < -0.39 is 17.4 Å². The molecule has 0 radical (unpaired) electrons. The van der Waals surface area contributed by atoms with Crippen LogP contribution >= 0.6 is 0 Å². The molecule has 1 aliphatic heterocycles. The van der Waals surface area contributed by atoms with Gasteiger partial charge in [-0.3, -0.25) is 4.79 Å². The number of esters is 1. The van der Waals surface area contributed by atoms with Crippen LogP contribution in [0.3, 0.4) is 0 Å². The molecule has 0 aromatic heterocycles. The molecular formula is C13H22O5. The van der Waals surface area contributed by atoms with Crippen molar-refractivity contribution in [3.63, 3.8) is 0 Å². The summed E-state index contributed by atoms with van der Waals surface area (Å²) >= 11 is 0. The number of aliphatic hydroxyl groups is 1. The summed E-state index contributed by atoms with van der Waals surface area (Å²) < 4.78 is 16.3. The summed E-state index contributed by atoms with van der Waals surface area (Å²) in [5.41, 5.74) is -1.24. The molecule has 5 heteroatoms. The lowest BCUT2D eigenvalue weighted by Crippen LogP contribution is -2.55. The molecule has 2 aliphatic rings. The van der Waals surface area contributed by atoms with Gasteiger partial charge in [0.05, 0.1) is 26.2 Å². The van der Waals surface area contributed by atoms with Gasteiger partial charge in [0, 0.05) is 12.8 Å². The third kappa shape index (κ3) is 3.22. The standard InChI is InChI=1S/C13H22O5/c1-2-16-11(14)8-12(15)9-17-13(18-10-12)6-4-3-5-7-13/h15H,2-10H2,1H3. The highest BCUT2D eigenvalue weighted by molar-refractivity contribution is 5.70. The topological polar surface area (TPSA) is 65.0 Å². The zero-order chi connectivity index (χ0) is 13.1. The minimum absolute atomic E-state index is 0.0725. The Balaban J connectivity index is 1.86. The summed E-state index contributed by atoms with van der Waals surface area (Å²) in [7, 11) is 0. The Hall–Kier alpha value is -0.650. The van der Waals surface area contributed by atoms with Gasteiger partial charge in [-0.05, 0) is 19.8 Å². The molecule has 0 aromatic carbocycles. The third-order valence-corrected chi connectivity index (χ3v) is 3.60. The summed E-state index contributed by atoms with van der Waals surface area (Å²) in [6, 6.07) is 0. The van der Waals surface area contributed by atoms with Gasteiger partial charge < -0.3 is 19.3 Å². The normalized spacial score (nSPS) is 25.9. The fourth-order valence-corrected chi connectivity index (χ4v) is 2.58. The van der Waals surface area contributed by atoms with Gasteiger partial charge in [-0.25, -0.2) is 0 Å². The van der Waals surface area contributed by atoms with Crippen molar-refractivity contribution in [3.05, 3.63) is 0 Å². The monoisotopic (exact) mass is 258 g/mol. The van der Waals surface area contributed by atoms with E-state index in [1.807, 2.05) is 0 Å². The lowest BCUT2D eigenvalue weighted by molar-refractivity contribution is -0.327. The summed E-state index contributed by atoms with van der Waals surface area (Å²) in [6.07, 6.45) is 5.08. The second-order valence-electron chi connectivity index (χ2n) is 5.25. The molecular weight excluding hydrogens is 236 g/mol. The summed E-state index contributed by atoms with van der Waals surface area (Å²) in [5.74, 6) is -0.925. The second-order valence-corrected chi connectivity index (χ2v) is 5.25. The van der Waals surface area contributed by atoms with Crippen molar-refractivity contribution < 1.29 is 24.1 Å². The van der Waals surface area contributed by atoms with E-state index in [4.69, 9.17) is 14.2 Å². The molecule has 1 aliphatic carbocycles.